The number of rotatable bonds is 8. The second-order valence-electron chi connectivity index (χ2n) is 5.03. The molecule has 0 heterocycles. The van der Waals surface area contributed by atoms with Crippen molar-refractivity contribution in [3.8, 4) is 0 Å². The summed E-state index contributed by atoms with van der Waals surface area (Å²) in [4.78, 5) is 25.0. The first kappa shape index (κ1) is 18.5. The zero-order valence-corrected chi connectivity index (χ0v) is 15.5. The standard InChI is InChI=1S/C18H19BrN2O2S/c19-16-10-5-4-9-15(16)18(23)21-13-17(22)20-11-6-12-24-14-7-2-1-3-8-14/h1-5,7-10H,6,11-13H2,(H,20,22)(H,21,23). The van der Waals surface area contributed by atoms with Gasteiger partial charge in [0.05, 0.1) is 12.1 Å². The molecule has 0 saturated carbocycles. The average molecular weight is 407 g/mol. The first-order chi connectivity index (χ1) is 11.7. The van der Waals surface area contributed by atoms with Gasteiger partial charge in [-0.15, -0.1) is 11.8 Å². The van der Waals surface area contributed by atoms with Gasteiger partial charge in [0.2, 0.25) is 5.91 Å². The monoisotopic (exact) mass is 406 g/mol. The second-order valence-corrected chi connectivity index (χ2v) is 7.05. The van der Waals surface area contributed by atoms with Gasteiger partial charge in [-0.05, 0) is 52.4 Å². The van der Waals surface area contributed by atoms with Gasteiger partial charge in [0.15, 0.2) is 0 Å². The van der Waals surface area contributed by atoms with E-state index in [1.165, 1.54) is 4.90 Å². The molecule has 2 aromatic rings. The van der Waals surface area contributed by atoms with E-state index in [0.29, 0.717) is 16.6 Å². The molecule has 2 N–H and O–H groups in total. The fraction of sp³-hybridized carbons (Fsp3) is 0.222. The number of hydrogen-bond acceptors (Lipinski definition) is 3. The summed E-state index contributed by atoms with van der Waals surface area (Å²) in [5, 5.41) is 5.43. The molecule has 0 aliphatic heterocycles. The Labute approximate surface area is 154 Å². The van der Waals surface area contributed by atoms with Gasteiger partial charge in [-0.25, -0.2) is 0 Å². The molecule has 4 nitrogen and oxygen atoms in total. The van der Waals surface area contributed by atoms with E-state index < -0.39 is 0 Å². The lowest BCUT2D eigenvalue weighted by atomic mass is 10.2. The fourth-order valence-electron chi connectivity index (χ4n) is 1.97. The van der Waals surface area contributed by atoms with Crippen LogP contribution in [-0.4, -0.2) is 30.7 Å². The largest absolute Gasteiger partial charge is 0.355 e. The van der Waals surface area contributed by atoms with Crippen LogP contribution in [0.2, 0.25) is 0 Å². The van der Waals surface area contributed by atoms with Crippen LogP contribution in [0, 0.1) is 0 Å². The van der Waals surface area contributed by atoms with Crippen molar-refractivity contribution < 1.29 is 9.59 Å². The van der Waals surface area contributed by atoms with Gasteiger partial charge >= 0.3 is 0 Å². The van der Waals surface area contributed by atoms with Crippen LogP contribution in [0.1, 0.15) is 16.8 Å². The normalized spacial score (nSPS) is 10.2. The van der Waals surface area contributed by atoms with Crippen LogP contribution < -0.4 is 10.6 Å². The number of thioether (sulfide) groups is 1. The molecule has 6 heteroatoms. The van der Waals surface area contributed by atoms with E-state index in [4.69, 9.17) is 0 Å². The highest BCUT2D eigenvalue weighted by atomic mass is 79.9. The van der Waals surface area contributed by atoms with Gasteiger partial charge in [-0.1, -0.05) is 30.3 Å². The molecule has 0 aromatic heterocycles. The Kier molecular flexibility index (Phi) is 7.85. The van der Waals surface area contributed by atoms with Gasteiger partial charge < -0.3 is 10.6 Å². The first-order valence-corrected chi connectivity index (χ1v) is 9.42. The number of benzene rings is 2. The van der Waals surface area contributed by atoms with E-state index in [1.54, 1.807) is 30.0 Å². The summed E-state index contributed by atoms with van der Waals surface area (Å²) < 4.78 is 0.709. The number of halogens is 1. The minimum absolute atomic E-state index is 0.0218. The number of carbonyl (C=O) groups is 2. The molecule has 0 bridgehead atoms. The highest BCUT2D eigenvalue weighted by Crippen LogP contribution is 2.17. The molecular formula is C18H19BrN2O2S. The SMILES string of the molecule is O=C(CNC(=O)c1ccccc1Br)NCCCSc1ccccc1. The third-order valence-electron chi connectivity index (χ3n) is 3.18. The Morgan fingerprint density at radius 3 is 2.42 bits per heavy atom. The molecule has 126 valence electrons. The fourth-order valence-corrected chi connectivity index (χ4v) is 3.31. The molecule has 2 aromatic carbocycles. The Morgan fingerprint density at radius 1 is 0.958 bits per heavy atom. The van der Waals surface area contributed by atoms with Gasteiger partial charge in [-0.2, -0.15) is 0 Å². The van der Waals surface area contributed by atoms with Crippen LogP contribution >= 0.6 is 27.7 Å². The summed E-state index contributed by atoms with van der Waals surface area (Å²) in [6.07, 6.45) is 0.878. The Hall–Kier alpha value is -1.79. The quantitative estimate of drug-likeness (QED) is 0.521. The summed E-state index contributed by atoms with van der Waals surface area (Å²) in [7, 11) is 0. The zero-order valence-electron chi connectivity index (χ0n) is 13.1. The van der Waals surface area contributed by atoms with Crippen LogP contribution in [-0.2, 0) is 4.79 Å². The smallest absolute Gasteiger partial charge is 0.252 e. The minimum Gasteiger partial charge on any atom is -0.355 e. The van der Waals surface area contributed by atoms with E-state index in [0.717, 1.165) is 12.2 Å². The van der Waals surface area contributed by atoms with Crippen molar-refractivity contribution in [2.45, 2.75) is 11.3 Å². The van der Waals surface area contributed by atoms with Crippen molar-refractivity contribution in [3.63, 3.8) is 0 Å². The molecular weight excluding hydrogens is 388 g/mol. The summed E-state index contributed by atoms with van der Waals surface area (Å²) in [5.74, 6) is 0.491. The lowest BCUT2D eigenvalue weighted by Gasteiger charge is -2.08. The van der Waals surface area contributed by atoms with Crippen LogP contribution in [0.3, 0.4) is 0 Å². The zero-order chi connectivity index (χ0) is 17.2. The molecule has 0 aliphatic rings. The van der Waals surface area contributed by atoms with E-state index >= 15 is 0 Å². The maximum absolute atomic E-state index is 12.0. The molecule has 0 spiro atoms. The molecule has 0 aliphatic carbocycles. The van der Waals surface area contributed by atoms with Crippen molar-refractivity contribution in [1.29, 1.82) is 0 Å². The van der Waals surface area contributed by atoms with Gasteiger partial charge in [0.25, 0.3) is 5.91 Å². The Balaban J connectivity index is 1.60. The van der Waals surface area contributed by atoms with Crippen LogP contribution in [0.15, 0.2) is 64.0 Å². The lowest BCUT2D eigenvalue weighted by Crippen LogP contribution is -2.37. The average Bonchev–Trinajstić information content (AvgIpc) is 2.60. The first-order valence-electron chi connectivity index (χ1n) is 7.64. The highest BCUT2D eigenvalue weighted by Gasteiger charge is 2.10. The molecule has 0 saturated heterocycles. The van der Waals surface area contributed by atoms with Gasteiger partial charge in [-0.3, -0.25) is 9.59 Å². The van der Waals surface area contributed by atoms with Crippen molar-refractivity contribution in [3.05, 3.63) is 64.6 Å². The van der Waals surface area contributed by atoms with Crippen LogP contribution in [0.25, 0.3) is 0 Å². The predicted molar refractivity (Wildman–Crippen MR) is 101 cm³/mol. The van der Waals surface area contributed by atoms with Crippen molar-refractivity contribution in [2.75, 3.05) is 18.8 Å². The molecule has 0 radical (unpaired) electrons. The number of hydrogen-bond donors (Lipinski definition) is 2. The topological polar surface area (TPSA) is 58.2 Å². The number of carbonyl (C=O) groups excluding carboxylic acids is 2. The predicted octanol–water partition coefficient (Wildman–Crippen LogP) is 3.48. The molecule has 0 fully saturated rings. The van der Waals surface area contributed by atoms with Crippen LogP contribution in [0.4, 0.5) is 0 Å². The summed E-state index contributed by atoms with van der Waals surface area (Å²) in [6.45, 7) is 0.579. The molecule has 0 atom stereocenters. The minimum atomic E-state index is -0.266. The summed E-state index contributed by atoms with van der Waals surface area (Å²) in [6, 6.07) is 17.3. The third-order valence-corrected chi connectivity index (χ3v) is 4.97. The second kappa shape index (κ2) is 10.2. The molecule has 2 rings (SSSR count). The number of nitrogens with one attached hydrogen (secondary N) is 2. The lowest BCUT2D eigenvalue weighted by molar-refractivity contribution is -0.120. The van der Waals surface area contributed by atoms with Gasteiger partial charge in [0, 0.05) is 15.9 Å². The Morgan fingerprint density at radius 2 is 1.67 bits per heavy atom. The summed E-state index contributed by atoms with van der Waals surface area (Å²) >= 11 is 5.08. The number of amides is 2. The third kappa shape index (κ3) is 6.37. The summed E-state index contributed by atoms with van der Waals surface area (Å²) in [5.41, 5.74) is 0.518. The maximum atomic E-state index is 12.0. The van der Waals surface area contributed by atoms with Crippen molar-refractivity contribution >= 4 is 39.5 Å². The van der Waals surface area contributed by atoms with Crippen molar-refractivity contribution in [2.24, 2.45) is 0 Å². The maximum Gasteiger partial charge on any atom is 0.252 e. The van der Waals surface area contributed by atoms with E-state index in [9.17, 15) is 9.59 Å². The van der Waals surface area contributed by atoms with E-state index in [2.05, 4.69) is 38.7 Å². The molecule has 0 unspecified atom stereocenters. The van der Waals surface area contributed by atoms with Crippen LogP contribution in [0.5, 0.6) is 0 Å². The highest BCUT2D eigenvalue weighted by molar-refractivity contribution is 9.10. The Bertz CT molecular complexity index is 680. The molecule has 2 amide bonds. The van der Waals surface area contributed by atoms with Crippen molar-refractivity contribution in [1.82, 2.24) is 10.6 Å². The molecule has 24 heavy (non-hydrogen) atoms. The van der Waals surface area contributed by atoms with E-state index in [1.807, 2.05) is 24.3 Å². The van der Waals surface area contributed by atoms with E-state index in [-0.39, 0.29) is 18.4 Å². The van der Waals surface area contributed by atoms with Gasteiger partial charge in [0.1, 0.15) is 0 Å².